The van der Waals surface area contributed by atoms with E-state index in [1.54, 1.807) is 36.8 Å². The van der Waals surface area contributed by atoms with E-state index < -0.39 is 0 Å². The van der Waals surface area contributed by atoms with Gasteiger partial charge in [-0.3, -0.25) is 9.59 Å². The number of amides is 2. The summed E-state index contributed by atoms with van der Waals surface area (Å²) in [7, 11) is 1.59. The van der Waals surface area contributed by atoms with Crippen molar-refractivity contribution in [3.05, 3.63) is 35.3 Å². The zero-order valence-electron chi connectivity index (χ0n) is 12.7. The second-order valence-corrected chi connectivity index (χ2v) is 6.22. The molecule has 1 aromatic carbocycles. The number of carbonyl (C=O) groups is 2. The van der Waals surface area contributed by atoms with E-state index in [1.165, 1.54) is 11.3 Å². The van der Waals surface area contributed by atoms with Gasteiger partial charge in [-0.05, 0) is 37.1 Å². The number of anilines is 2. The fraction of sp³-hybridized carbons (Fsp3) is 0.312. The van der Waals surface area contributed by atoms with E-state index in [9.17, 15) is 9.59 Å². The van der Waals surface area contributed by atoms with Gasteiger partial charge in [0.1, 0.15) is 5.75 Å². The van der Waals surface area contributed by atoms with Crippen molar-refractivity contribution in [2.45, 2.75) is 19.3 Å². The Kier molecular flexibility index (Phi) is 4.57. The number of methoxy groups -OCH3 is 1. The van der Waals surface area contributed by atoms with Crippen molar-refractivity contribution in [1.29, 1.82) is 0 Å². The Balaban J connectivity index is 1.52. The zero-order chi connectivity index (χ0) is 16.2. The van der Waals surface area contributed by atoms with Crippen molar-refractivity contribution in [2.75, 3.05) is 17.7 Å². The second-order valence-electron chi connectivity index (χ2n) is 5.36. The molecule has 1 fully saturated rings. The number of rotatable bonds is 6. The van der Waals surface area contributed by atoms with Crippen molar-refractivity contribution in [3.63, 3.8) is 0 Å². The van der Waals surface area contributed by atoms with Gasteiger partial charge in [0.2, 0.25) is 11.8 Å². The third-order valence-corrected chi connectivity index (χ3v) is 4.25. The Morgan fingerprint density at radius 1 is 1.26 bits per heavy atom. The molecule has 0 unspecified atom stereocenters. The molecule has 2 aromatic rings. The quantitative estimate of drug-likeness (QED) is 0.853. The number of thiazole rings is 1. The standard InChI is InChI=1S/C16H17N3O3S/c1-22-13-6-4-11(5-7-13)17-14(20)8-12-9-23-16(18-12)19-15(21)10-2-3-10/h4-7,9-10H,2-3,8H2,1H3,(H,17,20)(H,18,19,21). The molecule has 1 saturated carbocycles. The first-order valence-corrected chi connectivity index (χ1v) is 8.21. The summed E-state index contributed by atoms with van der Waals surface area (Å²) in [4.78, 5) is 28.0. The van der Waals surface area contributed by atoms with E-state index in [0.717, 1.165) is 18.6 Å². The van der Waals surface area contributed by atoms with Crippen molar-refractivity contribution in [3.8, 4) is 5.75 Å². The fourth-order valence-corrected chi connectivity index (χ4v) is 2.76. The number of benzene rings is 1. The Hall–Kier alpha value is -2.41. The summed E-state index contributed by atoms with van der Waals surface area (Å²) < 4.78 is 5.07. The molecule has 6 nitrogen and oxygen atoms in total. The molecule has 23 heavy (non-hydrogen) atoms. The lowest BCUT2D eigenvalue weighted by molar-refractivity contribution is -0.117. The van der Waals surface area contributed by atoms with Gasteiger partial charge in [-0.1, -0.05) is 0 Å². The lowest BCUT2D eigenvalue weighted by Gasteiger charge is -2.05. The molecule has 0 aliphatic heterocycles. The highest BCUT2D eigenvalue weighted by atomic mass is 32.1. The van der Waals surface area contributed by atoms with Crippen LogP contribution in [0.1, 0.15) is 18.5 Å². The van der Waals surface area contributed by atoms with Crippen molar-refractivity contribution >= 4 is 34.0 Å². The first kappa shape index (κ1) is 15.5. The van der Waals surface area contributed by atoms with Gasteiger partial charge >= 0.3 is 0 Å². The number of aromatic nitrogens is 1. The first-order valence-electron chi connectivity index (χ1n) is 7.33. The topological polar surface area (TPSA) is 80.3 Å². The Morgan fingerprint density at radius 3 is 2.65 bits per heavy atom. The maximum Gasteiger partial charge on any atom is 0.230 e. The summed E-state index contributed by atoms with van der Waals surface area (Å²) in [6, 6.07) is 7.12. The number of carbonyl (C=O) groups excluding carboxylic acids is 2. The van der Waals surface area contributed by atoms with Crippen LogP contribution in [0.4, 0.5) is 10.8 Å². The van der Waals surface area contributed by atoms with E-state index in [-0.39, 0.29) is 24.2 Å². The molecule has 2 amide bonds. The lowest BCUT2D eigenvalue weighted by Crippen LogP contribution is -2.15. The highest BCUT2D eigenvalue weighted by Crippen LogP contribution is 2.30. The van der Waals surface area contributed by atoms with Gasteiger partial charge in [0.25, 0.3) is 0 Å². The highest BCUT2D eigenvalue weighted by Gasteiger charge is 2.30. The molecule has 7 heteroatoms. The molecule has 1 heterocycles. The van der Waals surface area contributed by atoms with Crippen LogP contribution in [0.3, 0.4) is 0 Å². The third-order valence-electron chi connectivity index (χ3n) is 3.45. The molecular formula is C16H17N3O3S. The Bertz CT molecular complexity index is 708. The molecule has 0 saturated heterocycles. The number of ether oxygens (including phenoxy) is 1. The predicted molar refractivity (Wildman–Crippen MR) is 88.8 cm³/mol. The molecule has 0 spiro atoms. The van der Waals surface area contributed by atoms with Crippen LogP contribution in [0.5, 0.6) is 5.75 Å². The van der Waals surface area contributed by atoms with E-state index in [4.69, 9.17) is 4.74 Å². The number of nitrogens with zero attached hydrogens (tertiary/aromatic N) is 1. The minimum atomic E-state index is -0.152. The van der Waals surface area contributed by atoms with Crippen LogP contribution >= 0.6 is 11.3 Å². The van der Waals surface area contributed by atoms with Gasteiger partial charge in [0.15, 0.2) is 5.13 Å². The molecule has 3 rings (SSSR count). The maximum absolute atomic E-state index is 12.0. The zero-order valence-corrected chi connectivity index (χ0v) is 13.5. The van der Waals surface area contributed by atoms with Gasteiger partial charge in [-0.15, -0.1) is 11.3 Å². The molecule has 1 aromatic heterocycles. The van der Waals surface area contributed by atoms with E-state index in [2.05, 4.69) is 15.6 Å². The van der Waals surface area contributed by atoms with Crippen LogP contribution in [0.2, 0.25) is 0 Å². The molecule has 0 atom stereocenters. The van der Waals surface area contributed by atoms with Crippen LogP contribution in [0.15, 0.2) is 29.6 Å². The second kappa shape index (κ2) is 6.78. The smallest absolute Gasteiger partial charge is 0.230 e. The van der Waals surface area contributed by atoms with Crippen molar-refractivity contribution in [2.24, 2.45) is 5.92 Å². The molecule has 1 aliphatic rings. The molecule has 2 N–H and O–H groups in total. The largest absolute Gasteiger partial charge is 0.497 e. The number of hydrogen-bond acceptors (Lipinski definition) is 5. The Morgan fingerprint density at radius 2 is 2.00 bits per heavy atom. The summed E-state index contributed by atoms with van der Waals surface area (Å²) in [5.41, 5.74) is 1.35. The summed E-state index contributed by atoms with van der Waals surface area (Å²) in [6.45, 7) is 0. The van der Waals surface area contributed by atoms with Gasteiger partial charge in [0, 0.05) is 17.0 Å². The Labute approximate surface area is 137 Å². The van der Waals surface area contributed by atoms with Crippen molar-refractivity contribution < 1.29 is 14.3 Å². The lowest BCUT2D eigenvalue weighted by atomic mass is 10.2. The number of hydrogen-bond donors (Lipinski definition) is 2. The third kappa shape index (κ3) is 4.29. The molecule has 120 valence electrons. The average Bonchev–Trinajstić information content (AvgIpc) is 3.31. The van der Waals surface area contributed by atoms with Gasteiger partial charge < -0.3 is 15.4 Å². The van der Waals surface area contributed by atoms with Gasteiger partial charge in [0.05, 0.1) is 19.2 Å². The van der Waals surface area contributed by atoms with E-state index in [1.807, 2.05) is 0 Å². The monoisotopic (exact) mass is 331 g/mol. The van der Waals surface area contributed by atoms with Crippen LogP contribution in [0.25, 0.3) is 0 Å². The van der Waals surface area contributed by atoms with Crippen LogP contribution < -0.4 is 15.4 Å². The molecule has 0 bridgehead atoms. The summed E-state index contributed by atoms with van der Waals surface area (Å²) >= 11 is 1.34. The predicted octanol–water partition coefficient (Wildman–Crippen LogP) is 2.68. The van der Waals surface area contributed by atoms with E-state index in [0.29, 0.717) is 16.5 Å². The van der Waals surface area contributed by atoms with Gasteiger partial charge in [-0.25, -0.2) is 4.98 Å². The number of nitrogens with one attached hydrogen (secondary N) is 2. The van der Waals surface area contributed by atoms with Gasteiger partial charge in [-0.2, -0.15) is 0 Å². The summed E-state index contributed by atoms with van der Waals surface area (Å²) in [6.07, 6.45) is 2.07. The normalized spacial score (nSPS) is 13.4. The van der Waals surface area contributed by atoms with Crippen LogP contribution in [0, 0.1) is 5.92 Å². The van der Waals surface area contributed by atoms with Crippen molar-refractivity contribution in [1.82, 2.24) is 4.98 Å². The van der Waals surface area contributed by atoms with Crippen LogP contribution in [-0.4, -0.2) is 23.9 Å². The minimum Gasteiger partial charge on any atom is -0.497 e. The summed E-state index contributed by atoms with van der Waals surface area (Å²) in [5, 5.41) is 7.92. The SMILES string of the molecule is COc1ccc(NC(=O)Cc2csc(NC(=O)C3CC3)n2)cc1. The minimum absolute atomic E-state index is 0.0218. The summed E-state index contributed by atoms with van der Waals surface area (Å²) in [5.74, 6) is 0.744. The molecule has 0 radical (unpaired) electrons. The first-order chi connectivity index (χ1) is 11.1. The fourth-order valence-electron chi connectivity index (χ4n) is 2.04. The average molecular weight is 331 g/mol. The van der Waals surface area contributed by atoms with Crippen LogP contribution in [-0.2, 0) is 16.0 Å². The van der Waals surface area contributed by atoms with E-state index >= 15 is 0 Å². The molecule has 1 aliphatic carbocycles. The molecular weight excluding hydrogens is 314 g/mol. The maximum atomic E-state index is 12.0. The highest BCUT2D eigenvalue weighted by molar-refractivity contribution is 7.13.